The highest BCUT2D eigenvalue weighted by molar-refractivity contribution is 9.10. The van der Waals surface area contributed by atoms with Crippen molar-refractivity contribution in [2.75, 3.05) is 4.90 Å². The fourth-order valence-corrected chi connectivity index (χ4v) is 2.72. The van der Waals surface area contributed by atoms with Crippen LogP contribution in [0.1, 0.15) is 10.4 Å². The van der Waals surface area contributed by atoms with Crippen LogP contribution in [0.3, 0.4) is 0 Å². The number of barbiturate groups is 1. The number of nitrogens with zero attached hydrogens (tertiary/aromatic N) is 2. The lowest BCUT2D eigenvalue weighted by atomic mass is 10.1. The summed E-state index contributed by atoms with van der Waals surface area (Å²) in [6.07, 6.45) is 0.924. The maximum absolute atomic E-state index is 12.6. The SMILES string of the molecule is O=C(NN=CC1C(=O)NC(=O)N(c2ccc(Br)cc2)C1=O)c1ccccc1O. The highest BCUT2D eigenvalue weighted by atomic mass is 79.9. The zero-order valence-electron chi connectivity index (χ0n) is 14.1. The van der Waals surface area contributed by atoms with Crippen LogP contribution in [0.5, 0.6) is 5.75 Å². The van der Waals surface area contributed by atoms with Gasteiger partial charge in [-0.25, -0.2) is 15.1 Å². The van der Waals surface area contributed by atoms with Gasteiger partial charge >= 0.3 is 6.03 Å². The molecule has 0 radical (unpaired) electrons. The van der Waals surface area contributed by atoms with Crippen molar-refractivity contribution in [1.82, 2.24) is 10.7 Å². The van der Waals surface area contributed by atoms with E-state index in [2.05, 4.69) is 31.8 Å². The second kappa shape index (κ2) is 8.01. The molecule has 1 aliphatic heterocycles. The molecule has 3 N–H and O–H groups in total. The van der Waals surface area contributed by atoms with E-state index in [1.165, 1.54) is 24.3 Å². The Morgan fingerprint density at radius 1 is 1.14 bits per heavy atom. The predicted molar refractivity (Wildman–Crippen MR) is 103 cm³/mol. The Morgan fingerprint density at radius 2 is 1.82 bits per heavy atom. The summed E-state index contributed by atoms with van der Waals surface area (Å²) in [4.78, 5) is 49.5. The molecule has 5 amide bonds. The van der Waals surface area contributed by atoms with E-state index in [4.69, 9.17) is 0 Å². The van der Waals surface area contributed by atoms with Gasteiger partial charge in [0.1, 0.15) is 5.75 Å². The lowest BCUT2D eigenvalue weighted by Gasteiger charge is -2.28. The number of carbonyl (C=O) groups excluding carboxylic acids is 4. The average molecular weight is 445 g/mol. The molecule has 1 aliphatic rings. The number of phenolic OH excluding ortho intramolecular Hbond substituents is 1. The Morgan fingerprint density at radius 3 is 2.50 bits per heavy atom. The van der Waals surface area contributed by atoms with Crippen molar-refractivity contribution in [2.45, 2.75) is 0 Å². The van der Waals surface area contributed by atoms with E-state index in [-0.39, 0.29) is 17.0 Å². The minimum absolute atomic E-state index is 0.0225. The molecule has 9 nitrogen and oxygen atoms in total. The largest absolute Gasteiger partial charge is 0.507 e. The van der Waals surface area contributed by atoms with Gasteiger partial charge in [-0.1, -0.05) is 28.1 Å². The smallest absolute Gasteiger partial charge is 0.335 e. The fraction of sp³-hybridized carbons (Fsp3) is 0.0556. The molecule has 1 atom stereocenters. The number of phenols is 1. The number of para-hydroxylation sites is 1. The van der Waals surface area contributed by atoms with Crippen LogP contribution in [0, 0.1) is 5.92 Å². The van der Waals surface area contributed by atoms with E-state index in [0.29, 0.717) is 0 Å². The third-order valence-electron chi connectivity index (χ3n) is 3.83. The maximum Gasteiger partial charge on any atom is 0.335 e. The summed E-state index contributed by atoms with van der Waals surface area (Å²) in [5.74, 6) is -4.04. The third-order valence-corrected chi connectivity index (χ3v) is 4.35. The molecule has 1 unspecified atom stereocenters. The number of amides is 5. The van der Waals surface area contributed by atoms with E-state index < -0.39 is 29.7 Å². The zero-order chi connectivity index (χ0) is 20.3. The molecule has 1 fully saturated rings. The van der Waals surface area contributed by atoms with Crippen molar-refractivity contribution in [1.29, 1.82) is 0 Å². The number of halogens is 1. The van der Waals surface area contributed by atoms with Gasteiger partial charge in [-0.05, 0) is 36.4 Å². The molecule has 0 spiro atoms. The van der Waals surface area contributed by atoms with Gasteiger partial charge in [-0.15, -0.1) is 0 Å². The summed E-state index contributed by atoms with van der Waals surface area (Å²) < 4.78 is 0.752. The maximum atomic E-state index is 12.6. The highest BCUT2D eigenvalue weighted by Crippen LogP contribution is 2.22. The van der Waals surface area contributed by atoms with Crippen molar-refractivity contribution in [3.63, 3.8) is 0 Å². The van der Waals surface area contributed by atoms with Crippen molar-refractivity contribution in [2.24, 2.45) is 11.0 Å². The van der Waals surface area contributed by atoms with Gasteiger partial charge in [-0.2, -0.15) is 5.10 Å². The second-order valence-corrected chi connectivity index (χ2v) is 6.57. The van der Waals surface area contributed by atoms with Gasteiger partial charge in [0, 0.05) is 10.7 Å². The molecule has 3 rings (SSSR count). The first-order valence-electron chi connectivity index (χ1n) is 7.94. The van der Waals surface area contributed by atoms with Crippen LogP contribution in [0.25, 0.3) is 0 Å². The summed E-state index contributed by atoms with van der Waals surface area (Å²) in [5.41, 5.74) is 2.38. The van der Waals surface area contributed by atoms with E-state index in [1.807, 2.05) is 0 Å². The first kappa shape index (κ1) is 19.2. The van der Waals surface area contributed by atoms with Gasteiger partial charge in [0.2, 0.25) is 5.91 Å². The number of carbonyl (C=O) groups is 4. The van der Waals surface area contributed by atoms with Crippen molar-refractivity contribution in [3.8, 4) is 5.75 Å². The molecule has 0 bridgehead atoms. The van der Waals surface area contributed by atoms with Crippen LogP contribution in [0.15, 0.2) is 58.1 Å². The van der Waals surface area contributed by atoms with Crippen LogP contribution in [0.4, 0.5) is 10.5 Å². The number of urea groups is 1. The Kier molecular flexibility index (Phi) is 5.50. The number of hydrogen-bond donors (Lipinski definition) is 3. The van der Waals surface area contributed by atoms with Crippen LogP contribution in [0.2, 0.25) is 0 Å². The van der Waals surface area contributed by atoms with Crippen LogP contribution in [-0.4, -0.2) is 35.1 Å². The highest BCUT2D eigenvalue weighted by Gasteiger charge is 2.40. The van der Waals surface area contributed by atoms with Crippen molar-refractivity contribution < 1.29 is 24.3 Å². The molecule has 0 saturated carbocycles. The van der Waals surface area contributed by atoms with Gasteiger partial charge in [0.05, 0.1) is 11.3 Å². The normalized spacial score (nSPS) is 17.0. The summed E-state index contributed by atoms with van der Waals surface area (Å²) in [7, 11) is 0. The zero-order valence-corrected chi connectivity index (χ0v) is 15.7. The fourth-order valence-electron chi connectivity index (χ4n) is 2.45. The predicted octanol–water partition coefficient (Wildman–Crippen LogP) is 1.77. The van der Waals surface area contributed by atoms with E-state index in [0.717, 1.165) is 15.6 Å². The minimum Gasteiger partial charge on any atom is -0.507 e. The number of nitrogens with one attached hydrogen (secondary N) is 2. The summed E-state index contributed by atoms with van der Waals surface area (Å²) in [5, 5.41) is 15.3. The van der Waals surface area contributed by atoms with E-state index in [1.54, 1.807) is 24.3 Å². The van der Waals surface area contributed by atoms with Crippen molar-refractivity contribution in [3.05, 3.63) is 58.6 Å². The monoisotopic (exact) mass is 444 g/mol. The third kappa shape index (κ3) is 3.91. The average Bonchev–Trinajstić information content (AvgIpc) is 2.66. The summed E-state index contributed by atoms with van der Waals surface area (Å²) in [6, 6.07) is 11.3. The molecule has 28 heavy (non-hydrogen) atoms. The topological polar surface area (TPSA) is 128 Å². The minimum atomic E-state index is -1.41. The lowest BCUT2D eigenvalue weighted by Crippen LogP contribution is -2.58. The number of hydrogen-bond acceptors (Lipinski definition) is 6. The number of anilines is 1. The van der Waals surface area contributed by atoms with Crippen molar-refractivity contribution >= 4 is 51.6 Å². The molecule has 142 valence electrons. The molecular weight excluding hydrogens is 432 g/mol. The number of rotatable bonds is 4. The Labute approximate surface area is 167 Å². The van der Waals surface area contributed by atoms with E-state index in [9.17, 15) is 24.3 Å². The molecule has 1 saturated heterocycles. The summed E-state index contributed by atoms with van der Waals surface area (Å²) in [6.45, 7) is 0. The molecule has 0 aromatic heterocycles. The van der Waals surface area contributed by atoms with Crippen LogP contribution in [-0.2, 0) is 9.59 Å². The Bertz CT molecular complexity index is 990. The lowest BCUT2D eigenvalue weighted by molar-refractivity contribution is -0.131. The second-order valence-electron chi connectivity index (χ2n) is 5.66. The Balaban J connectivity index is 1.76. The van der Waals surface area contributed by atoms with E-state index >= 15 is 0 Å². The standard InChI is InChI=1S/C18H13BrN4O5/c19-10-5-7-11(8-6-10)23-17(27)13(15(25)21-18(23)28)9-20-22-16(26)12-3-1-2-4-14(12)24/h1-9,13,24H,(H,22,26)(H,21,25,28). The molecule has 1 heterocycles. The summed E-state index contributed by atoms with van der Waals surface area (Å²) >= 11 is 3.26. The number of hydrazone groups is 1. The molecule has 2 aromatic rings. The first-order valence-corrected chi connectivity index (χ1v) is 8.73. The quantitative estimate of drug-likeness (QED) is 0.376. The number of aromatic hydroxyl groups is 1. The van der Waals surface area contributed by atoms with Gasteiger partial charge < -0.3 is 5.11 Å². The van der Waals surface area contributed by atoms with Gasteiger partial charge in [-0.3, -0.25) is 19.7 Å². The number of imide groups is 2. The molecule has 0 aliphatic carbocycles. The molecule has 10 heteroatoms. The van der Waals surface area contributed by atoms with Crippen LogP contribution < -0.4 is 15.6 Å². The molecular formula is C18H13BrN4O5. The number of benzene rings is 2. The van der Waals surface area contributed by atoms with Gasteiger partial charge in [0.25, 0.3) is 11.8 Å². The van der Waals surface area contributed by atoms with Gasteiger partial charge in [0.15, 0.2) is 5.92 Å². The Hall–Kier alpha value is -3.53. The van der Waals surface area contributed by atoms with Crippen LogP contribution >= 0.6 is 15.9 Å². The first-order chi connectivity index (χ1) is 13.4. The molecule has 2 aromatic carbocycles.